The van der Waals surface area contributed by atoms with Crippen LogP contribution in [0.4, 0.5) is 16.1 Å². The van der Waals surface area contributed by atoms with E-state index in [9.17, 15) is 58.0 Å². The third-order valence-corrected chi connectivity index (χ3v) is 29.7. The summed E-state index contributed by atoms with van der Waals surface area (Å²) < 4.78 is 99.0. The molecule has 0 aliphatic heterocycles. The van der Waals surface area contributed by atoms with E-state index in [0.717, 1.165) is 61.2 Å². The number of aryl methyl sites for hydroxylation is 1. The van der Waals surface area contributed by atoms with Gasteiger partial charge in [-0.15, -0.1) is 22.7 Å². The first kappa shape index (κ1) is 73.4. The number of carbonyl (C=O) groups excluding carboxylic acids is 3. The predicted octanol–water partition coefficient (Wildman–Crippen LogP) is 11.4. The van der Waals surface area contributed by atoms with E-state index in [4.69, 9.17) is 4.52 Å². The summed E-state index contributed by atoms with van der Waals surface area (Å²) in [6.07, 6.45) is 9.68. The number of hydrogen-bond donors (Lipinski definition) is 4. The highest BCUT2D eigenvalue weighted by Gasteiger charge is 2.58. The summed E-state index contributed by atoms with van der Waals surface area (Å²) >= 11 is 2.69. The SMILES string of the molecule is CC(C)(C)c1cc(NC(=O)C(C)(C)S(=O)(=O)C2CCCCC2)no1.CC(C)S(=O)(=O)C(C)(C)C(=O)Nc1nc(C(C)(C)C)cs1.Cc1nc(NC(=O)C(C)(C)S(=O)(=O)C(C)C)sc1C(C)(C)C.O=C(O)C1(S(=O)(=O)C2CCCCC2)CCC1. The van der Waals surface area contributed by atoms with Crippen molar-refractivity contribution in [3.05, 3.63) is 33.5 Å². The lowest BCUT2D eigenvalue weighted by Gasteiger charge is -2.40. The molecule has 3 saturated carbocycles. The molecular formula is C57H96N6O14S6. The van der Waals surface area contributed by atoms with Crippen LogP contribution in [0.2, 0.25) is 0 Å². The van der Waals surface area contributed by atoms with Crippen LogP contribution < -0.4 is 16.0 Å². The molecule has 474 valence electrons. The molecule has 0 radical (unpaired) electrons. The number of rotatable bonds is 15. The molecule has 0 aromatic carbocycles. The fourth-order valence-corrected chi connectivity index (χ4v) is 19.2. The zero-order valence-electron chi connectivity index (χ0n) is 52.7. The van der Waals surface area contributed by atoms with Crippen molar-refractivity contribution in [2.24, 2.45) is 0 Å². The summed E-state index contributed by atoms with van der Waals surface area (Å²) in [5, 5.41) is 21.6. The number of carboxylic acids is 1. The number of aliphatic carboxylic acids is 1. The molecule has 0 bridgehead atoms. The highest BCUT2D eigenvalue weighted by molar-refractivity contribution is 7.95. The molecule has 6 rings (SSSR count). The number of amides is 3. The van der Waals surface area contributed by atoms with Gasteiger partial charge in [0.1, 0.15) is 20.0 Å². The van der Waals surface area contributed by atoms with Crippen molar-refractivity contribution < 1.29 is 62.5 Å². The molecule has 0 spiro atoms. The molecule has 3 amide bonds. The van der Waals surface area contributed by atoms with E-state index in [2.05, 4.69) is 51.8 Å². The summed E-state index contributed by atoms with van der Waals surface area (Å²) in [7, 11) is -14.2. The highest BCUT2D eigenvalue weighted by Crippen LogP contribution is 2.44. The Balaban J connectivity index is 0.000000293. The van der Waals surface area contributed by atoms with Gasteiger partial charge in [0.05, 0.1) is 32.4 Å². The molecular weight excluding hydrogens is 1190 g/mol. The molecule has 3 aromatic heterocycles. The second kappa shape index (κ2) is 27.0. The minimum absolute atomic E-state index is 0.0652. The van der Waals surface area contributed by atoms with Crippen molar-refractivity contribution in [3.63, 3.8) is 0 Å². The van der Waals surface area contributed by atoms with Crippen LogP contribution in [-0.4, -0.2) is 118 Å². The maximum Gasteiger partial charge on any atom is 0.325 e. The van der Waals surface area contributed by atoms with Gasteiger partial charge in [-0.1, -0.05) is 106 Å². The van der Waals surface area contributed by atoms with Gasteiger partial charge in [0.2, 0.25) is 17.7 Å². The molecule has 26 heteroatoms. The van der Waals surface area contributed by atoms with E-state index in [1.807, 2.05) is 53.8 Å². The monoisotopic (exact) mass is 1280 g/mol. The van der Waals surface area contributed by atoms with Crippen LogP contribution in [0.15, 0.2) is 16.0 Å². The van der Waals surface area contributed by atoms with E-state index in [-0.39, 0.29) is 22.1 Å². The molecule has 3 aliphatic rings. The molecule has 4 N–H and O–H groups in total. The Kier molecular flexibility index (Phi) is 23.9. The number of aromatic nitrogens is 3. The second-order valence-electron chi connectivity index (χ2n) is 27.1. The van der Waals surface area contributed by atoms with E-state index in [0.29, 0.717) is 54.5 Å². The topological polar surface area (TPSA) is 313 Å². The average molecular weight is 1280 g/mol. The van der Waals surface area contributed by atoms with E-state index in [1.165, 1.54) is 64.2 Å². The molecule has 3 fully saturated rings. The first-order chi connectivity index (χ1) is 37.5. The number of anilines is 3. The van der Waals surface area contributed by atoms with Gasteiger partial charge in [-0.25, -0.2) is 43.6 Å². The number of sulfone groups is 4. The van der Waals surface area contributed by atoms with Gasteiger partial charge >= 0.3 is 5.97 Å². The molecule has 0 unspecified atom stereocenters. The summed E-state index contributed by atoms with van der Waals surface area (Å²) in [5.74, 6) is -1.92. The molecule has 0 atom stereocenters. The first-order valence-corrected chi connectivity index (χ1v) is 36.4. The van der Waals surface area contributed by atoms with Gasteiger partial charge in [0.15, 0.2) is 60.2 Å². The van der Waals surface area contributed by atoms with Crippen molar-refractivity contribution in [3.8, 4) is 0 Å². The predicted molar refractivity (Wildman–Crippen MR) is 334 cm³/mol. The number of thiazole rings is 2. The summed E-state index contributed by atoms with van der Waals surface area (Å²) in [4.78, 5) is 58.4. The lowest BCUT2D eigenvalue weighted by Crippen LogP contribution is -2.55. The van der Waals surface area contributed by atoms with Crippen molar-refractivity contribution in [1.82, 2.24) is 15.1 Å². The maximum atomic E-state index is 12.9. The zero-order valence-corrected chi connectivity index (χ0v) is 57.6. The van der Waals surface area contributed by atoms with Crippen LogP contribution in [0.1, 0.15) is 237 Å². The van der Waals surface area contributed by atoms with Gasteiger partial charge in [-0.2, -0.15) is 0 Å². The van der Waals surface area contributed by atoms with Crippen LogP contribution in [0.3, 0.4) is 0 Å². The number of carbonyl (C=O) groups is 4. The quantitative estimate of drug-likeness (QED) is 0.110. The Morgan fingerprint density at radius 1 is 0.590 bits per heavy atom. The fraction of sp³-hybridized carbons (Fsp3) is 0.772. The third-order valence-electron chi connectivity index (χ3n) is 15.8. The molecule has 83 heavy (non-hydrogen) atoms. The van der Waals surface area contributed by atoms with E-state index >= 15 is 0 Å². The number of carboxylic acid groups (broad SMARTS) is 1. The van der Waals surface area contributed by atoms with Gasteiger partial charge in [-0.3, -0.25) is 19.2 Å². The van der Waals surface area contributed by atoms with Gasteiger partial charge in [0.25, 0.3) is 0 Å². The number of nitrogens with one attached hydrogen (secondary N) is 3. The van der Waals surface area contributed by atoms with Crippen LogP contribution >= 0.6 is 22.7 Å². The van der Waals surface area contributed by atoms with Gasteiger partial charge in [-0.05, 0) is 127 Å². The number of nitrogens with zero attached hydrogens (tertiary/aromatic N) is 3. The van der Waals surface area contributed by atoms with Crippen LogP contribution in [0, 0.1) is 6.92 Å². The van der Waals surface area contributed by atoms with Crippen molar-refractivity contribution in [2.75, 3.05) is 16.0 Å². The summed E-state index contributed by atoms with van der Waals surface area (Å²) in [6, 6.07) is 1.64. The van der Waals surface area contributed by atoms with Crippen LogP contribution in [0.5, 0.6) is 0 Å². The van der Waals surface area contributed by atoms with Crippen molar-refractivity contribution in [2.45, 2.75) is 278 Å². The lowest BCUT2D eigenvalue weighted by atomic mass is 9.84. The lowest BCUT2D eigenvalue weighted by molar-refractivity contribution is -0.142. The zero-order chi connectivity index (χ0) is 64.1. The first-order valence-electron chi connectivity index (χ1n) is 28.5. The van der Waals surface area contributed by atoms with Gasteiger partial charge < -0.3 is 25.6 Å². The van der Waals surface area contributed by atoms with E-state index < -0.39 is 103 Å². The van der Waals surface area contributed by atoms with Crippen molar-refractivity contribution in [1.29, 1.82) is 0 Å². The molecule has 3 aliphatic carbocycles. The Hall–Kier alpha value is -3.85. The molecule has 3 heterocycles. The Bertz CT molecular complexity index is 3210. The minimum atomic E-state index is -3.57. The average Bonchev–Trinajstić information content (AvgIpc) is 3.64. The van der Waals surface area contributed by atoms with Crippen molar-refractivity contribution >= 4 is 102 Å². The Morgan fingerprint density at radius 3 is 1.37 bits per heavy atom. The maximum absolute atomic E-state index is 12.9. The van der Waals surface area contributed by atoms with Crippen LogP contribution in [-0.2, 0) is 74.8 Å². The summed E-state index contributed by atoms with van der Waals surface area (Å²) in [6.45, 7) is 35.1. The molecule has 3 aromatic rings. The third kappa shape index (κ3) is 16.8. The largest absolute Gasteiger partial charge is 0.480 e. The Morgan fingerprint density at radius 2 is 1.02 bits per heavy atom. The number of hydrogen-bond acceptors (Lipinski definition) is 18. The Labute approximate surface area is 503 Å². The standard InChI is InChI=1S/C17H28N2O4S.C15H26N2O3S2.C14H24N2O3S2.C11H18O4S/c1-16(2,3)13-11-14(19-23-13)18-15(20)17(4,5)24(21,22)12-9-7-6-8-10-12;1-9(2)22(19,20)15(7,8)12(18)17-13-16-10(3)11(21-13)14(4,5)6;1-9(2)21(18,19)14(6,7)11(17)16-12-15-10(8-20-12)13(3,4)5;12-10(13)11(7-4-8-11)16(14,15)9-5-2-1-3-6-9/h11-12H,6-10H2,1-5H3,(H,18,19,20);9H,1-8H3,(H,16,17,18);8-9H,1-7H3,(H,15,16,17);9H,1-8H2,(H,12,13). The van der Waals surface area contributed by atoms with E-state index in [1.54, 1.807) is 33.8 Å². The normalized spacial score (nSPS) is 17.1. The highest BCUT2D eigenvalue weighted by atomic mass is 32.2. The smallest absolute Gasteiger partial charge is 0.325 e. The van der Waals surface area contributed by atoms with Gasteiger partial charge in [0, 0.05) is 27.2 Å². The molecule has 20 nitrogen and oxygen atoms in total. The molecule has 0 saturated heterocycles. The van der Waals surface area contributed by atoms with Crippen LogP contribution in [0.25, 0.3) is 0 Å². The summed E-state index contributed by atoms with van der Waals surface area (Å²) in [5.41, 5.74) is 1.31. The minimum Gasteiger partial charge on any atom is -0.480 e. The fourth-order valence-electron chi connectivity index (χ4n) is 9.44. The second-order valence-corrected chi connectivity index (χ2v) is 40.4.